The Morgan fingerprint density at radius 1 is 1.26 bits per heavy atom. The van der Waals surface area contributed by atoms with Crippen LogP contribution in [-0.4, -0.2) is 34.9 Å². The summed E-state index contributed by atoms with van der Waals surface area (Å²) < 4.78 is 58.0. The highest BCUT2D eigenvalue weighted by atomic mass is 32.2. The number of hydrogen-bond donors (Lipinski definition) is 2. The highest BCUT2D eigenvalue weighted by Gasteiger charge is 2.12. The van der Waals surface area contributed by atoms with Gasteiger partial charge in [-0.3, -0.25) is 0 Å². The highest BCUT2D eigenvalue weighted by molar-refractivity contribution is 7.91. The van der Waals surface area contributed by atoms with Crippen molar-refractivity contribution in [3.63, 3.8) is 0 Å². The summed E-state index contributed by atoms with van der Waals surface area (Å²) in [6.07, 6.45) is 0. The Kier molecular flexibility index (Phi) is 4.88. The van der Waals surface area contributed by atoms with Crippen LogP contribution in [0.15, 0.2) is 23.1 Å². The molecule has 108 valence electrons. The number of sulfone groups is 1. The number of nitrogens with one attached hydrogen (secondary N) is 1. The number of halogens is 1. The van der Waals surface area contributed by atoms with E-state index in [1.165, 1.54) is 13.0 Å². The van der Waals surface area contributed by atoms with E-state index in [2.05, 4.69) is 5.32 Å². The van der Waals surface area contributed by atoms with E-state index in [9.17, 15) is 21.2 Å². The van der Waals surface area contributed by atoms with Crippen LogP contribution in [0, 0.1) is 5.82 Å². The molecule has 9 heteroatoms. The first-order chi connectivity index (χ1) is 8.65. The number of rotatable bonds is 6. The lowest BCUT2D eigenvalue weighted by atomic mass is 10.3. The molecule has 1 aromatic rings. The van der Waals surface area contributed by atoms with Crippen LogP contribution in [0.25, 0.3) is 0 Å². The maximum absolute atomic E-state index is 13.6. The van der Waals surface area contributed by atoms with E-state index >= 15 is 0 Å². The molecule has 1 aromatic carbocycles. The highest BCUT2D eigenvalue weighted by Crippen LogP contribution is 2.17. The Bertz CT molecular complexity index is 656. The number of sulfonamides is 1. The summed E-state index contributed by atoms with van der Waals surface area (Å²) in [6, 6.07) is 3.13. The molecule has 0 amide bonds. The fourth-order valence-electron chi connectivity index (χ4n) is 1.30. The van der Waals surface area contributed by atoms with Gasteiger partial charge in [0.1, 0.15) is 5.82 Å². The van der Waals surface area contributed by atoms with Gasteiger partial charge in [-0.25, -0.2) is 26.4 Å². The van der Waals surface area contributed by atoms with Gasteiger partial charge in [0.25, 0.3) is 0 Å². The van der Waals surface area contributed by atoms with Crippen LogP contribution in [-0.2, 0) is 19.9 Å². The maximum Gasteiger partial charge on any atom is 0.238 e. The Morgan fingerprint density at radius 3 is 2.37 bits per heavy atom. The minimum absolute atomic E-state index is 0.0154. The summed E-state index contributed by atoms with van der Waals surface area (Å²) in [7, 11) is -7.09. The molecule has 0 saturated heterocycles. The molecule has 6 nitrogen and oxygen atoms in total. The van der Waals surface area contributed by atoms with Crippen molar-refractivity contribution in [2.24, 2.45) is 5.14 Å². The second-order valence-electron chi connectivity index (χ2n) is 3.85. The molecular weight excluding hydrogens is 295 g/mol. The van der Waals surface area contributed by atoms with E-state index in [0.717, 1.165) is 12.1 Å². The van der Waals surface area contributed by atoms with E-state index in [1.54, 1.807) is 0 Å². The molecule has 0 heterocycles. The van der Waals surface area contributed by atoms with Gasteiger partial charge in [0.05, 0.1) is 16.3 Å². The minimum atomic E-state index is -3.95. The molecule has 0 aliphatic carbocycles. The Balaban J connectivity index is 2.77. The quantitative estimate of drug-likeness (QED) is 0.787. The largest absolute Gasteiger partial charge is 0.382 e. The van der Waals surface area contributed by atoms with E-state index < -0.39 is 25.7 Å². The first-order valence-electron chi connectivity index (χ1n) is 5.42. The van der Waals surface area contributed by atoms with E-state index in [4.69, 9.17) is 5.14 Å². The van der Waals surface area contributed by atoms with E-state index in [1.807, 2.05) is 0 Å². The van der Waals surface area contributed by atoms with Crippen LogP contribution in [0.1, 0.15) is 6.92 Å². The standard InChI is InChI=1S/C10H15FN2O4S2/c1-2-18(14,15)6-5-13-10-4-3-8(7-9(10)11)19(12,16)17/h3-4,7,13H,2,5-6H2,1H3,(H2,12,16,17). The molecule has 0 unspecified atom stereocenters. The fourth-order valence-corrected chi connectivity index (χ4v) is 2.53. The number of nitrogens with two attached hydrogens (primary N) is 1. The first-order valence-corrected chi connectivity index (χ1v) is 8.79. The van der Waals surface area contributed by atoms with Gasteiger partial charge in [-0.05, 0) is 18.2 Å². The van der Waals surface area contributed by atoms with Crippen LogP contribution in [0.2, 0.25) is 0 Å². The summed E-state index contributed by atoms with van der Waals surface area (Å²) in [5.74, 6) is -0.915. The molecular formula is C10H15FN2O4S2. The third-order valence-corrected chi connectivity index (χ3v) is 5.05. The first kappa shape index (κ1) is 15.9. The van der Waals surface area contributed by atoms with Crippen molar-refractivity contribution >= 4 is 25.5 Å². The fraction of sp³-hybridized carbons (Fsp3) is 0.400. The second kappa shape index (κ2) is 5.85. The van der Waals surface area contributed by atoms with Crippen LogP contribution in [0.3, 0.4) is 0 Å². The van der Waals surface area contributed by atoms with Crippen LogP contribution in [0.4, 0.5) is 10.1 Å². The summed E-state index contributed by atoms with van der Waals surface area (Å²) >= 11 is 0. The van der Waals surface area contributed by atoms with Gasteiger partial charge >= 0.3 is 0 Å². The molecule has 0 bridgehead atoms. The van der Waals surface area contributed by atoms with Gasteiger partial charge < -0.3 is 5.32 Å². The maximum atomic E-state index is 13.6. The molecule has 1 rings (SSSR count). The Labute approximate surface area is 111 Å². The average molecular weight is 310 g/mol. The minimum Gasteiger partial charge on any atom is -0.382 e. The number of hydrogen-bond acceptors (Lipinski definition) is 5. The Hall–Kier alpha value is -1.19. The molecule has 0 aromatic heterocycles. The normalized spacial score (nSPS) is 12.4. The van der Waals surface area contributed by atoms with Gasteiger partial charge in [0.2, 0.25) is 10.0 Å². The molecule has 0 radical (unpaired) electrons. The summed E-state index contributed by atoms with van der Waals surface area (Å²) in [5, 5.41) is 7.45. The predicted octanol–water partition coefficient (Wildman–Crippen LogP) is 0.320. The second-order valence-corrected chi connectivity index (χ2v) is 7.88. The zero-order valence-corrected chi connectivity index (χ0v) is 11.9. The van der Waals surface area contributed by atoms with Crippen molar-refractivity contribution < 1.29 is 21.2 Å². The smallest absolute Gasteiger partial charge is 0.238 e. The molecule has 0 aliphatic rings. The lowest BCUT2D eigenvalue weighted by Gasteiger charge is -2.08. The van der Waals surface area contributed by atoms with Gasteiger partial charge in [-0.1, -0.05) is 6.92 Å². The van der Waals surface area contributed by atoms with Gasteiger partial charge in [0.15, 0.2) is 9.84 Å². The van der Waals surface area contributed by atoms with E-state index in [0.29, 0.717) is 0 Å². The third-order valence-electron chi connectivity index (χ3n) is 2.44. The molecule has 0 aliphatic heterocycles. The van der Waals surface area contributed by atoms with Crippen LogP contribution in [0.5, 0.6) is 0 Å². The molecule has 3 N–H and O–H groups in total. The number of benzene rings is 1. The average Bonchev–Trinajstić information content (AvgIpc) is 2.30. The lowest BCUT2D eigenvalue weighted by molar-refractivity contribution is 0.593. The molecule has 0 saturated carbocycles. The molecule has 0 atom stereocenters. The summed E-state index contributed by atoms with van der Waals surface area (Å²) in [5.41, 5.74) is 0.0266. The zero-order valence-electron chi connectivity index (χ0n) is 10.3. The lowest BCUT2D eigenvalue weighted by Crippen LogP contribution is -2.18. The van der Waals surface area contributed by atoms with Gasteiger partial charge in [-0.15, -0.1) is 0 Å². The van der Waals surface area contributed by atoms with Crippen molar-refractivity contribution in [2.75, 3.05) is 23.4 Å². The summed E-state index contributed by atoms with van der Waals surface area (Å²) in [4.78, 5) is -0.336. The zero-order chi connectivity index (χ0) is 14.7. The van der Waals surface area contributed by atoms with Crippen molar-refractivity contribution in [3.05, 3.63) is 24.0 Å². The van der Waals surface area contributed by atoms with E-state index in [-0.39, 0.29) is 28.6 Å². The SMILES string of the molecule is CCS(=O)(=O)CCNc1ccc(S(N)(=O)=O)cc1F. The molecule has 0 spiro atoms. The van der Waals surface area contributed by atoms with Crippen molar-refractivity contribution in [1.29, 1.82) is 0 Å². The molecule has 0 fully saturated rings. The topological polar surface area (TPSA) is 106 Å². The number of primary sulfonamides is 1. The van der Waals surface area contributed by atoms with Gasteiger partial charge in [0, 0.05) is 12.3 Å². The van der Waals surface area contributed by atoms with Crippen molar-refractivity contribution in [3.8, 4) is 0 Å². The monoisotopic (exact) mass is 310 g/mol. The summed E-state index contributed by atoms with van der Waals surface area (Å²) in [6.45, 7) is 1.57. The van der Waals surface area contributed by atoms with Crippen molar-refractivity contribution in [2.45, 2.75) is 11.8 Å². The van der Waals surface area contributed by atoms with Crippen LogP contribution < -0.4 is 10.5 Å². The molecule has 19 heavy (non-hydrogen) atoms. The predicted molar refractivity (Wildman–Crippen MR) is 70.6 cm³/mol. The number of anilines is 1. The van der Waals surface area contributed by atoms with Crippen LogP contribution >= 0.6 is 0 Å². The van der Waals surface area contributed by atoms with Gasteiger partial charge in [-0.2, -0.15) is 0 Å². The van der Waals surface area contributed by atoms with Crippen molar-refractivity contribution in [1.82, 2.24) is 0 Å². The third kappa shape index (κ3) is 4.77. The Morgan fingerprint density at radius 2 is 1.89 bits per heavy atom.